The van der Waals surface area contributed by atoms with Crippen molar-refractivity contribution < 1.29 is 17.2 Å². The van der Waals surface area contributed by atoms with Crippen molar-refractivity contribution in [2.45, 2.75) is 44.1 Å². The number of alkyl halides is 2. The van der Waals surface area contributed by atoms with E-state index in [1.165, 1.54) is 0 Å². The van der Waals surface area contributed by atoms with Crippen molar-refractivity contribution in [2.24, 2.45) is 5.73 Å². The van der Waals surface area contributed by atoms with E-state index in [1.54, 1.807) is 0 Å². The Labute approximate surface area is 88.9 Å². The molecule has 0 bridgehead atoms. The number of halogens is 2. The topological polar surface area (TPSA) is 60.2 Å². The van der Waals surface area contributed by atoms with E-state index in [-0.39, 0.29) is 17.9 Å². The summed E-state index contributed by atoms with van der Waals surface area (Å²) in [7, 11) is -3.07. The van der Waals surface area contributed by atoms with Gasteiger partial charge in [-0.15, -0.1) is 0 Å². The molecule has 1 unspecified atom stereocenters. The van der Waals surface area contributed by atoms with Gasteiger partial charge in [0.15, 0.2) is 0 Å². The molecule has 3 nitrogen and oxygen atoms in total. The van der Waals surface area contributed by atoms with Crippen molar-refractivity contribution in [3.8, 4) is 0 Å². The zero-order valence-electron chi connectivity index (χ0n) is 8.80. The summed E-state index contributed by atoms with van der Waals surface area (Å²) in [6.45, 7) is 0.820. The fraction of sp³-hybridized carbons (Fsp3) is 1.00. The van der Waals surface area contributed by atoms with Crippen LogP contribution in [0.1, 0.15) is 32.6 Å². The van der Waals surface area contributed by atoms with E-state index < -0.39 is 27.7 Å². The summed E-state index contributed by atoms with van der Waals surface area (Å²) < 4.78 is 48.3. The second-order valence-corrected chi connectivity index (χ2v) is 6.92. The minimum Gasteiger partial charge on any atom is -0.325 e. The molecule has 2 N–H and O–H groups in total. The fourth-order valence-corrected chi connectivity index (χ4v) is 3.53. The molecule has 0 aromatic rings. The molecule has 1 atom stereocenters. The fourth-order valence-electron chi connectivity index (χ4n) is 2.02. The molecule has 1 fully saturated rings. The van der Waals surface area contributed by atoms with Gasteiger partial charge in [-0.25, -0.2) is 17.2 Å². The standard InChI is InChI=1S/C9H17F2NO2S/c1-8(10,11)7-9(12)3-2-5-15(13,14)6-4-9/h2-7,12H2,1H3. The van der Waals surface area contributed by atoms with Crippen LogP contribution >= 0.6 is 0 Å². The van der Waals surface area contributed by atoms with Crippen LogP contribution < -0.4 is 5.73 Å². The van der Waals surface area contributed by atoms with Crippen LogP contribution in [-0.2, 0) is 9.84 Å². The average Bonchev–Trinajstić information content (AvgIpc) is 2.07. The maximum atomic E-state index is 12.8. The highest BCUT2D eigenvalue weighted by Gasteiger charge is 2.38. The Bertz CT molecular complexity index is 323. The summed E-state index contributed by atoms with van der Waals surface area (Å²) in [5.74, 6) is -2.83. The predicted octanol–water partition coefficient (Wildman–Crippen LogP) is 1.33. The minimum absolute atomic E-state index is 0.0699. The normalized spacial score (nSPS) is 32.3. The summed E-state index contributed by atoms with van der Waals surface area (Å²) in [4.78, 5) is 0. The SMILES string of the molecule is CC(F)(F)CC1(N)CCCS(=O)(=O)CC1. The third kappa shape index (κ3) is 4.42. The molecule has 1 heterocycles. The smallest absolute Gasteiger partial charge is 0.247 e. The number of nitrogens with two attached hydrogens (primary N) is 1. The van der Waals surface area contributed by atoms with Gasteiger partial charge in [-0.05, 0) is 26.2 Å². The first kappa shape index (κ1) is 12.8. The molecule has 0 aromatic heterocycles. The summed E-state index contributed by atoms with van der Waals surface area (Å²) in [6, 6.07) is 0. The predicted molar refractivity (Wildman–Crippen MR) is 54.7 cm³/mol. The quantitative estimate of drug-likeness (QED) is 0.793. The van der Waals surface area contributed by atoms with Gasteiger partial charge < -0.3 is 5.73 Å². The van der Waals surface area contributed by atoms with Gasteiger partial charge in [0.05, 0.1) is 11.5 Å². The monoisotopic (exact) mass is 241 g/mol. The lowest BCUT2D eigenvalue weighted by atomic mass is 9.86. The Kier molecular flexibility index (Phi) is 3.40. The molecule has 0 amide bonds. The molecular formula is C9H17F2NO2S. The molecule has 6 heteroatoms. The van der Waals surface area contributed by atoms with E-state index in [0.717, 1.165) is 6.92 Å². The highest BCUT2D eigenvalue weighted by atomic mass is 32.2. The molecule has 0 aliphatic carbocycles. The molecule has 1 aliphatic heterocycles. The first-order valence-corrected chi connectivity index (χ1v) is 6.81. The van der Waals surface area contributed by atoms with E-state index in [2.05, 4.69) is 0 Å². The van der Waals surface area contributed by atoms with Crippen LogP contribution in [0, 0.1) is 0 Å². The van der Waals surface area contributed by atoms with Gasteiger partial charge in [0.25, 0.3) is 0 Å². The summed E-state index contributed by atoms with van der Waals surface area (Å²) in [5, 5.41) is 0. The molecule has 15 heavy (non-hydrogen) atoms. The van der Waals surface area contributed by atoms with Crippen LogP contribution in [0.25, 0.3) is 0 Å². The van der Waals surface area contributed by atoms with Gasteiger partial charge in [0.2, 0.25) is 5.92 Å². The van der Waals surface area contributed by atoms with Crippen LogP contribution in [0.15, 0.2) is 0 Å². The molecular weight excluding hydrogens is 224 g/mol. The van der Waals surface area contributed by atoms with Crippen molar-refractivity contribution in [3.05, 3.63) is 0 Å². The molecule has 0 saturated carbocycles. The zero-order chi connectivity index (χ0) is 11.7. The first-order valence-electron chi connectivity index (χ1n) is 4.99. The van der Waals surface area contributed by atoms with Crippen molar-refractivity contribution in [1.29, 1.82) is 0 Å². The number of sulfone groups is 1. The van der Waals surface area contributed by atoms with Crippen LogP contribution in [0.5, 0.6) is 0 Å². The van der Waals surface area contributed by atoms with E-state index in [4.69, 9.17) is 5.73 Å². The molecule has 1 saturated heterocycles. The molecule has 1 aliphatic rings. The average molecular weight is 241 g/mol. The van der Waals surface area contributed by atoms with Crippen molar-refractivity contribution >= 4 is 9.84 Å². The van der Waals surface area contributed by atoms with E-state index >= 15 is 0 Å². The maximum Gasteiger partial charge on any atom is 0.247 e. The van der Waals surface area contributed by atoms with E-state index in [9.17, 15) is 17.2 Å². The Morgan fingerprint density at radius 2 is 1.93 bits per heavy atom. The second kappa shape index (κ2) is 3.97. The van der Waals surface area contributed by atoms with Crippen molar-refractivity contribution in [3.63, 3.8) is 0 Å². The lowest BCUT2D eigenvalue weighted by molar-refractivity contribution is -0.0113. The summed E-state index contributed by atoms with van der Waals surface area (Å²) >= 11 is 0. The van der Waals surface area contributed by atoms with Crippen molar-refractivity contribution in [1.82, 2.24) is 0 Å². The summed E-state index contributed by atoms with van der Waals surface area (Å²) in [5.41, 5.74) is 4.80. The number of hydrogen-bond donors (Lipinski definition) is 1. The summed E-state index contributed by atoms with van der Waals surface area (Å²) in [6.07, 6.45) is 0.443. The minimum atomic E-state index is -3.07. The van der Waals surface area contributed by atoms with Gasteiger partial charge in [0.1, 0.15) is 9.84 Å². The highest BCUT2D eigenvalue weighted by molar-refractivity contribution is 7.91. The molecule has 1 rings (SSSR count). The van der Waals surface area contributed by atoms with Gasteiger partial charge in [-0.1, -0.05) is 0 Å². The third-order valence-electron chi connectivity index (χ3n) is 2.70. The Hall–Kier alpha value is -0.230. The van der Waals surface area contributed by atoms with Gasteiger partial charge in [-0.3, -0.25) is 0 Å². The Balaban J connectivity index is 2.71. The third-order valence-corrected chi connectivity index (χ3v) is 4.44. The van der Waals surface area contributed by atoms with Gasteiger partial charge in [0, 0.05) is 12.0 Å². The first-order chi connectivity index (χ1) is 6.62. The lowest BCUT2D eigenvalue weighted by Crippen LogP contribution is -2.44. The van der Waals surface area contributed by atoms with Gasteiger partial charge >= 0.3 is 0 Å². The number of hydrogen-bond acceptors (Lipinski definition) is 3. The van der Waals surface area contributed by atoms with Crippen LogP contribution in [0.2, 0.25) is 0 Å². The van der Waals surface area contributed by atoms with Crippen LogP contribution in [0.4, 0.5) is 8.78 Å². The molecule has 90 valence electrons. The Morgan fingerprint density at radius 3 is 2.47 bits per heavy atom. The second-order valence-electron chi connectivity index (χ2n) is 4.61. The highest BCUT2D eigenvalue weighted by Crippen LogP contribution is 2.31. The molecule has 0 aromatic carbocycles. The largest absolute Gasteiger partial charge is 0.325 e. The Morgan fingerprint density at radius 1 is 1.33 bits per heavy atom. The van der Waals surface area contributed by atoms with E-state index in [0.29, 0.717) is 12.8 Å². The van der Waals surface area contributed by atoms with Crippen molar-refractivity contribution in [2.75, 3.05) is 11.5 Å². The van der Waals surface area contributed by atoms with E-state index in [1.807, 2.05) is 0 Å². The maximum absolute atomic E-state index is 12.8. The zero-order valence-corrected chi connectivity index (χ0v) is 9.62. The number of rotatable bonds is 2. The van der Waals surface area contributed by atoms with Crippen LogP contribution in [0.3, 0.4) is 0 Å². The van der Waals surface area contributed by atoms with Gasteiger partial charge in [-0.2, -0.15) is 0 Å². The van der Waals surface area contributed by atoms with Crippen LogP contribution in [-0.4, -0.2) is 31.4 Å². The molecule has 0 radical (unpaired) electrons. The molecule has 0 spiro atoms. The lowest BCUT2D eigenvalue weighted by Gasteiger charge is -2.30.